The van der Waals surface area contributed by atoms with Gasteiger partial charge in [-0.2, -0.15) is 4.99 Å². The summed E-state index contributed by atoms with van der Waals surface area (Å²) in [4.78, 5) is 10.7. The van der Waals surface area contributed by atoms with Crippen LogP contribution in [0.5, 0.6) is 0 Å². The number of amidine groups is 1. The average Bonchev–Trinajstić information content (AvgIpc) is 3.87. The summed E-state index contributed by atoms with van der Waals surface area (Å²) in [7, 11) is 0. The Labute approximate surface area is 292 Å². The number of benzene rings is 7. The molecular formula is C45H29N5O. The van der Waals surface area contributed by atoms with Crippen LogP contribution in [0, 0.1) is 0 Å². The molecule has 3 aromatic heterocycles. The number of hydrogen-bond donors (Lipinski definition) is 1. The first-order chi connectivity index (χ1) is 25.3. The molecule has 6 nitrogen and oxygen atoms in total. The maximum Gasteiger partial charge on any atom is 0.234 e. The molecule has 1 aliphatic rings. The first-order valence-electron chi connectivity index (χ1n) is 17.2. The Balaban J connectivity index is 1.37. The summed E-state index contributed by atoms with van der Waals surface area (Å²) in [5.41, 5.74) is 9.05. The van der Waals surface area contributed by atoms with Crippen LogP contribution in [0.15, 0.2) is 178 Å². The highest BCUT2D eigenvalue weighted by Crippen LogP contribution is 2.48. The van der Waals surface area contributed by atoms with Gasteiger partial charge in [0.15, 0.2) is 5.58 Å². The Morgan fingerprint density at radius 1 is 0.510 bits per heavy atom. The number of rotatable bonds is 3. The second kappa shape index (κ2) is 10.8. The van der Waals surface area contributed by atoms with Crippen LogP contribution in [0.1, 0.15) is 17.3 Å². The van der Waals surface area contributed by atoms with E-state index in [1.165, 1.54) is 0 Å². The van der Waals surface area contributed by atoms with E-state index in [1.54, 1.807) is 0 Å². The molecule has 0 saturated carbocycles. The van der Waals surface area contributed by atoms with Crippen molar-refractivity contribution in [2.75, 3.05) is 0 Å². The Morgan fingerprint density at radius 2 is 1.08 bits per heavy atom. The molecule has 51 heavy (non-hydrogen) atoms. The second-order valence-electron chi connectivity index (χ2n) is 13.0. The number of furan rings is 1. The van der Waals surface area contributed by atoms with Gasteiger partial charge in [0, 0.05) is 38.2 Å². The van der Waals surface area contributed by atoms with Crippen LogP contribution in [0.2, 0.25) is 0 Å². The van der Waals surface area contributed by atoms with Gasteiger partial charge in [-0.25, -0.2) is 4.99 Å². The van der Waals surface area contributed by atoms with E-state index in [-0.39, 0.29) is 6.17 Å². The second-order valence-corrected chi connectivity index (χ2v) is 13.0. The lowest BCUT2D eigenvalue weighted by Crippen LogP contribution is -2.35. The Morgan fingerprint density at radius 3 is 1.80 bits per heavy atom. The molecule has 0 spiro atoms. The monoisotopic (exact) mass is 655 g/mol. The van der Waals surface area contributed by atoms with E-state index in [1.807, 2.05) is 30.3 Å². The fourth-order valence-electron chi connectivity index (χ4n) is 8.02. The Hall–Kier alpha value is -6.92. The van der Waals surface area contributed by atoms with Crippen LogP contribution in [-0.4, -0.2) is 20.9 Å². The van der Waals surface area contributed by atoms with Gasteiger partial charge in [0.05, 0.1) is 27.5 Å². The lowest BCUT2D eigenvalue weighted by molar-refractivity contribution is 0.668. The van der Waals surface area contributed by atoms with Crippen molar-refractivity contribution >= 4 is 77.3 Å². The van der Waals surface area contributed by atoms with E-state index in [4.69, 9.17) is 14.4 Å². The zero-order chi connectivity index (χ0) is 33.5. The first-order valence-corrected chi connectivity index (χ1v) is 17.2. The molecule has 11 rings (SSSR count). The summed E-state index contributed by atoms with van der Waals surface area (Å²) in [6.45, 7) is 0. The zero-order valence-corrected chi connectivity index (χ0v) is 27.4. The molecule has 6 heteroatoms. The lowest BCUT2D eigenvalue weighted by Gasteiger charge is -2.24. The molecule has 0 saturated heterocycles. The average molecular weight is 656 g/mol. The van der Waals surface area contributed by atoms with Gasteiger partial charge in [0.25, 0.3) is 0 Å². The highest BCUT2D eigenvalue weighted by Gasteiger charge is 2.30. The molecule has 1 N–H and O–H groups in total. The molecule has 0 aliphatic carbocycles. The first kappa shape index (κ1) is 28.0. The van der Waals surface area contributed by atoms with Crippen molar-refractivity contribution < 1.29 is 4.42 Å². The molecule has 1 unspecified atom stereocenters. The minimum Gasteiger partial charge on any atom is -0.454 e. The highest BCUT2D eigenvalue weighted by molar-refractivity contribution is 6.40. The van der Waals surface area contributed by atoms with Crippen molar-refractivity contribution in [3.05, 3.63) is 175 Å². The maximum absolute atomic E-state index is 6.96. The molecule has 7 aromatic carbocycles. The molecule has 1 aliphatic heterocycles. The van der Waals surface area contributed by atoms with Gasteiger partial charge in [0.1, 0.15) is 17.6 Å². The third kappa shape index (κ3) is 4.04. The molecule has 4 heterocycles. The van der Waals surface area contributed by atoms with Gasteiger partial charge in [-0.1, -0.05) is 133 Å². The van der Waals surface area contributed by atoms with Crippen molar-refractivity contribution in [2.24, 2.45) is 9.98 Å². The number of aliphatic imine (C=N–C) groups is 2. The van der Waals surface area contributed by atoms with Gasteiger partial charge in [0.2, 0.25) is 5.96 Å². The largest absolute Gasteiger partial charge is 0.454 e. The molecule has 0 bridgehead atoms. The molecule has 0 fully saturated rings. The lowest BCUT2D eigenvalue weighted by atomic mass is 10.0. The van der Waals surface area contributed by atoms with E-state index in [2.05, 4.69) is 148 Å². The molecule has 10 aromatic rings. The molecule has 1 atom stereocenters. The predicted molar refractivity (Wildman–Crippen MR) is 209 cm³/mol. The van der Waals surface area contributed by atoms with E-state index >= 15 is 0 Å². The third-order valence-corrected chi connectivity index (χ3v) is 10.2. The minimum atomic E-state index is -0.342. The van der Waals surface area contributed by atoms with Gasteiger partial charge in [-0.3, -0.25) is 4.57 Å². The Bertz CT molecular complexity index is 3040. The summed E-state index contributed by atoms with van der Waals surface area (Å²) in [5.74, 6) is 1.39. The zero-order valence-electron chi connectivity index (χ0n) is 27.4. The van der Waals surface area contributed by atoms with E-state index < -0.39 is 0 Å². The van der Waals surface area contributed by atoms with E-state index in [0.29, 0.717) is 5.96 Å². The van der Waals surface area contributed by atoms with Crippen LogP contribution < -0.4 is 5.32 Å². The van der Waals surface area contributed by atoms with Crippen LogP contribution in [0.25, 0.3) is 71.2 Å². The maximum atomic E-state index is 6.96. The standard InChI is InChI=1S/C45H29N5O/c1-4-16-28(17-5-1)43-46-44(29-18-6-2-7-19-29)48-45(47-43)50-35-26-14-11-23-32(35)37-38-31-22-10-13-25-34(31)49(30-20-8-3-9-21-30)41(38)42-39(40(37)50)33-24-12-15-27-36(33)51-42/h1-27,43H,(H,46,47,48). The number of fused-ring (bicyclic) bond motifs is 12. The third-order valence-electron chi connectivity index (χ3n) is 10.2. The number of hydrogen-bond acceptors (Lipinski definition) is 4. The minimum absolute atomic E-state index is 0.342. The summed E-state index contributed by atoms with van der Waals surface area (Å²) < 4.78 is 11.6. The summed E-state index contributed by atoms with van der Waals surface area (Å²) in [6.07, 6.45) is -0.342. The SMILES string of the molecule is c1ccc(C2=NC(n3c4ccccc4c4c5c6ccccc6n(-c6ccccc6)c5c5oc6ccccc6c5c43)=NC(c3ccccc3)N2)cc1. The van der Waals surface area contributed by atoms with Crippen LogP contribution in [-0.2, 0) is 0 Å². The predicted octanol–water partition coefficient (Wildman–Crippen LogP) is 10.7. The number of nitrogens with zero attached hydrogens (tertiary/aromatic N) is 4. The quantitative estimate of drug-likeness (QED) is 0.206. The van der Waals surface area contributed by atoms with Crippen molar-refractivity contribution in [1.82, 2.24) is 14.5 Å². The number of aromatic nitrogens is 2. The molecule has 240 valence electrons. The molecule has 0 radical (unpaired) electrons. The Kier molecular flexibility index (Phi) is 5.92. The van der Waals surface area contributed by atoms with Crippen LogP contribution >= 0.6 is 0 Å². The van der Waals surface area contributed by atoms with Crippen molar-refractivity contribution in [3.8, 4) is 5.69 Å². The normalized spacial score (nSPS) is 14.9. The van der Waals surface area contributed by atoms with Gasteiger partial charge in [-0.05, 0) is 35.9 Å². The van der Waals surface area contributed by atoms with E-state index in [0.717, 1.165) is 88.2 Å². The van der Waals surface area contributed by atoms with Gasteiger partial charge in [-0.15, -0.1) is 0 Å². The van der Waals surface area contributed by atoms with Crippen LogP contribution in [0.3, 0.4) is 0 Å². The summed E-state index contributed by atoms with van der Waals surface area (Å²) >= 11 is 0. The smallest absolute Gasteiger partial charge is 0.234 e. The topological polar surface area (TPSA) is 59.8 Å². The summed E-state index contributed by atoms with van der Waals surface area (Å²) in [6, 6.07) is 57.0. The number of para-hydroxylation sites is 4. The van der Waals surface area contributed by atoms with Crippen molar-refractivity contribution in [3.63, 3.8) is 0 Å². The fraction of sp³-hybridized carbons (Fsp3) is 0.0222. The number of nitrogens with one attached hydrogen (secondary N) is 1. The van der Waals surface area contributed by atoms with Crippen LogP contribution in [0.4, 0.5) is 0 Å². The van der Waals surface area contributed by atoms with Crippen molar-refractivity contribution in [1.29, 1.82) is 0 Å². The van der Waals surface area contributed by atoms with Gasteiger partial charge >= 0.3 is 0 Å². The van der Waals surface area contributed by atoms with Crippen molar-refractivity contribution in [2.45, 2.75) is 6.17 Å². The molecular weight excluding hydrogens is 627 g/mol. The fourth-order valence-corrected chi connectivity index (χ4v) is 8.02. The van der Waals surface area contributed by atoms with Gasteiger partial charge < -0.3 is 14.3 Å². The highest BCUT2D eigenvalue weighted by atomic mass is 16.3. The summed E-state index contributed by atoms with van der Waals surface area (Å²) in [5, 5.41) is 10.3. The van der Waals surface area contributed by atoms with E-state index in [9.17, 15) is 0 Å². The molecule has 0 amide bonds.